The quantitative estimate of drug-likeness (QED) is 0.398. The van der Waals surface area contributed by atoms with Gasteiger partial charge in [-0.15, -0.1) is 0 Å². The minimum absolute atomic E-state index is 0.0195. The molecule has 0 heterocycles. The van der Waals surface area contributed by atoms with Crippen LogP contribution in [0.5, 0.6) is 0 Å². The van der Waals surface area contributed by atoms with Gasteiger partial charge in [-0.1, -0.05) is 18.5 Å². The third-order valence-electron chi connectivity index (χ3n) is 3.39. The van der Waals surface area contributed by atoms with Crippen LogP contribution in [0.25, 0.3) is 0 Å². The highest BCUT2D eigenvalue weighted by atomic mass is 35.5. The van der Waals surface area contributed by atoms with Crippen molar-refractivity contribution in [2.24, 2.45) is 0 Å². The smallest absolute Gasteiger partial charge is 0.306 e. The van der Waals surface area contributed by atoms with E-state index in [1.807, 2.05) is 6.92 Å². The minimum Gasteiger partial charge on any atom is -0.466 e. The van der Waals surface area contributed by atoms with E-state index in [-0.39, 0.29) is 24.1 Å². The van der Waals surface area contributed by atoms with Crippen molar-refractivity contribution in [1.82, 2.24) is 5.32 Å². The van der Waals surface area contributed by atoms with E-state index in [9.17, 15) is 14.4 Å². The van der Waals surface area contributed by atoms with Crippen molar-refractivity contribution >= 4 is 29.3 Å². The third-order valence-corrected chi connectivity index (χ3v) is 3.62. The fourth-order valence-corrected chi connectivity index (χ4v) is 2.41. The molecule has 0 aliphatic heterocycles. The molecular formula is C18H24ClNO4. The Morgan fingerprint density at radius 3 is 2.62 bits per heavy atom. The van der Waals surface area contributed by atoms with E-state index >= 15 is 0 Å². The first-order valence-electron chi connectivity index (χ1n) is 8.15. The van der Waals surface area contributed by atoms with Gasteiger partial charge in [0.15, 0.2) is 5.78 Å². The van der Waals surface area contributed by atoms with Gasteiger partial charge < -0.3 is 10.1 Å². The maximum absolute atomic E-state index is 12.4. The molecule has 6 heteroatoms. The number of carbonyl (C=O) groups excluding carboxylic acids is 3. The molecule has 0 aliphatic rings. The third kappa shape index (κ3) is 7.59. The summed E-state index contributed by atoms with van der Waals surface area (Å²) in [7, 11) is 0. The second-order valence-corrected chi connectivity index (χ2v) is 5.97. The van der Waals surface area contributed by atoms with Crippen molar-refractivity contribution in [3.63, 3.8) is 0 Å². The zero-order valence-electron chi connectivity index (χ0n) is 14.2. The number of rotatable bonds is 10. The van der Waals surface area contributed by atoms with E-state index in [0.29, 0.717) is 43.0 Å². The van der Waals surface area contributed by atoms with Gasteiger partial charge in [0.05, 0.1) is 6.61 Å². The van der Waals surface area contributed by atoms with Crippen molar-refractivity contribution in [1.29, 1.82) is 0 Å². The molecule has 0 radical (unpaired) electrons. The molecule has 0 spiro atoms. The molecule has 0 aromatic heterocycles. The summed E-state index contributed by atoms with van der Waals surface area (Å²) in [4.78, 5) is 34.8. The number of nitrogens with one attached hydrogen (secondary N) is 1. The molecule has 0 unspecified atom stereocenters. The van der Waals surface area contributed by atoms with E-state index in [0.717, 1.165) is 12.0 Å². The Hall–Kier alpha value is -1.88. The van der Waals surface area contributed by atoms with Crippen molar-refractivity contribution < 1.29 is 19.1 Å². The summed E-state index contributed by atoms with van der Waals surface area (Å²) in [5, 5.41) is 3.19. The van der Waals surface area contributed by atoms with Crippen molar-refractivity contribution in [3.8, 4) is 0 Å². The molecule has 1 N–H and O–H groups in total. The summed E-state index contributed by atoms with van der Waals surface area (Å²) in [5.41, 5.74) is 1.32. The Morgan fingerprint density at radius 2 is 1.96 bits per heavy atom. The average Bonchev–Trinajstić information content (AvgIpc) is 2.54. The molecular weight excluding hydrogens is 330 g/mol. The summed E-state index contributed by atoms with van der Waals surface area (Å²) in [6, 6.07) is 5.08. The second kappa shape index (κ2) is 10.8. The number of Topliss-reactive ketones (excluding diaryl/α,β-unsaturated/α-hetero) is 1. The minimum atomic E-state index is -0.277. The van der Waals surface area contributed by atoms with Crippen LogP contribution in [-0.2, 0) is 20.7 Å². The average molecular weight is 354 g/mol. The Balaban J connectivity index is 2.64. The highest BCUT2D eigenvalue weighted by Gasteiger charge is 2.13. The topological polar surface area (TPSA) is 72.5 Å². The molecule has 24 heavy (non-hydrogen) atoms. The normalized spacial score (nSPS) is 10.3. The first-order chi connectivity index (χ1) is 11.4. The van der Waals surface area contributed by atoms with Crippen molar-refractivity contribution in [2.45, 2.75) is 46.0 Å². The summed E-state index contributed by atoms with van der Waals surface area (Å²) in [5.74, 6) is -0.407. The second-order valence-electron chi connectivity index (χ2n) is 5.53. The van der Waals surface area contributed by atoms with Crippen LogP contribution in [0.1, 0.15) is 55.5 Å². The van der Waals surface area contributed by atoms with Crippen molar-refractivity contribution in [2.75, 3.05) is 13.2 Å². The van der Waals surface area contributed by atoms with Gasteiger partial charge in [0.2, 0.25) is 5.91 Å². The van der Waals surface area contributed by atoms with Crippen LogP contribution in [0, 0.1) is 0 Å². The van der Waals surface area contributed by atoms with Crippen molar-refractivity contribution in [3.05, 3.63) is 34.3 Å². The number of esters is 1. The molecule has 0 aliphatic carbocycles. The monoisotopic (exact) mass is 353 g/mol. The Kier molecular flexibility index (Phi) is 9.08. The lowest BCUT2D eigenvalue weighted by molar-refractivity contribution is -0.143. The predicted octanol–water partition coefficient (Wildman–Crippen LogP) is 3.32. The lowest BCUT2D eigenvalue weighted by atomic mass is 9.97. The number of hydrogen-bond acceptors (Lipinski definition) is 4. The van der Waals surface area contributed by atoms with Gasteiger partial charge in [-0.25, -0.2) is 0 Å². The van der Waals surface area contributed by atoms with Crippen LogP contribution in [-0.4, -0.2) is 30.8 Å². The van der Waals surface area contributed by atoms with Crippen LogP contribution in [0.2, 0.25) is 5.02 Å². The molecule has 0 saturated carbocycles. The molecule has 0 atom stereocenters. The number of halogens is 1. The number of benzene rings is 1. The molecule has 1 rings (SSSR count). The molecule has 0 saturated heterocycles. The van der Waals surface area contributed by atoms with E-state index in [2.05, 4.69) is 5.32 Å². The van der Waals surface area contributed by atoms with E-state index in [1.54, 1.807) is 18.2 Å². The fraction of sp³-hybridized carbons (Fsp3) is 0.500. The summed E-state index contributed by atoms with van der Waals surface area (Å²) < 4.78 is 5.05. The zero-order valence-corrected chi connectivity index (χ0v) is 14.9. The molecule has 1 aromatic carbocycles. The lowest BCUT2D eigenvalue weighted by Crippen LogP contribution is -2.21. The number of ether oxygens (including phenoxy) is 1. The number of hydrogen-bond donors (Lipinski definition) is 1. The van der Waals surface area contributed by atoms with Gasteiger partial charge in [0.1, 0.15) is 0 Å². The molecule has 0 bridgehead atoms. The molecule has 0 fully saturated rings. The Morgan fingerprint density at radius 1 is 1.21 bits per heavy atom. The highest BCUT2D eigenvalue weighted by molar-refractivity contribution is 6.30. The van der Waals surface area contributed by atoms with E-state index in [4.69, 9.17) is 16.3 Å². The van der Waals surface area contributed by atoms with E-state index in [1.165, 1.54) is 6.92 Å². The first kappa shape index (κ1) is 20.2. The number of carbonyl (C=O) groups is 3. The van der Waals surface area contributed by atoms with Crippen LogP contribution in [0.4, 0.5) is 0 Å². The highest BCUT2D eigenvalue weighted by Crippen LogP contribution is 2.20. The number of amides is 1. The number of ketones is 1. The van der Waals surface area contributed by atoms with Gasteiger partial charge in [0, 0.05) is 36.9 Å². The first-order valence-corrected chi connectivity index (χ1v) is 8.53. The van der Waals surface area contributed by atoms with Gasteiger partial charge in [-0.05, 0) is 43.0 Å². The summed E-state index contributed by atoms with van der Waals surface area (Å²) in [6.07, 6.45) is 2.30. The maximum atomic E-state index is 12.4. The summed E-state index contributed by atoms with van der Waals surface area (Å²) >= 11 is 6.01. The standard InChI is InChI=1S/C18H24ClNO4/c1-3-11-24-18(23)9-6-14-12-15(19)7-8-16(14)17(22)5-4-10-20-13(2)21/h7-8,12H,3-6,9-11H2,1-2H3,(H,20,21). The lowest BCUT2D eigenvalue weighted by Gasteiger charge is -2.10. The molecule has 132 valence electrons. The van der Waals surface area contributed by atoms with Crippen LogP contribution >= 0.6 is 11.6 Å². The van der Waals surface area contributed by atoms with Gasteiger partial charge in [-0.2, -0.15) is 0 Å². The molecule has 5 nitrogen and oxygen atoms in total. The van der Waals surface area contributed by atoms with Gasteiger partial charge in [0.25, 0.3) is 0 Å². The molecule has 1 aromatic rings. The molecule has 1 amide bonds. The van der Waals surface area contributed by atoms with E-state index < -0.39 is 0 Å². The van der Waals surface area contributed by atoms with Crippen LogP contribution < -0.4 is 5.32 Å². The number of aryl methyl sites for hydroxylation is 1. The Labute approximate surface area is 147 Å². The SMILES string of the molecule is CCCOC(=O)CCc1cc(Cl)ccc1C(=O)CCCNC(C)=O. The van der Waals surface area contributed by atoms with Gasteiger partial charge >= 0.3 is 5.97 Å². The van der Waals surface area contributed by atoms with Crippen LogP contribution in [0.3, 0.4) is 0 Å². The maximum Gasteiger partial charge on any atom is 0.306 e. The van der Waals surface area contributed by atoms with Gasteiger partial charge in [-0.3, -0.25) is 14.4 Å². The largest absolute Gasteiger partial charge is 0.466 e. The summed E-state index contributed by atoms with van der Waals surface area (Å²) in [6.45, 7) is 4.25. The Bertz CT molecular complexity index is 586. The fourth-order valence-electron chi connectivity index (χ4n) is 2.21. The zero-order chi connectivity index (χ0) is 17.9. The predicted molar refractivity (Wildman–Crippen MR) is 93.3 cm³/mol. The van der Waals surface area contributed by atoms with Crippen LogP contribution in [0.15, 0.2) is 18.2 Å².